The molecule has 0 amide bonds. The number of para-hydroxylation sites is 1. The van der Waals surface area contributed by atoms with Crippen molar-refractivity contribution < 1.29 is 14.2 Å². The summed E-state index contributed by atoms with van der Waals surface area (Å²) in [6.07, 6.45) is 1.72. The lowest BCUT2D eigenvalue weighted by molar-refractivity contribution is 0.174. The third-order valence-electron chi connectivity index (χ3n) is 5.41. The number of hydrogen-bond donors (Lipinski definition) is 1. The minimum absolute atomic E-state index is 0.160. The van der Waals surface area contributed by atoms with Gasteiger partial charge in [0.15, 0.2) is 11.5 Å². The summed E-state index contributed by atoms with van der Waals surface area (Å²) in [5.74, 6) is 2.69. The van der Waals surface area contributed by atoms with E-state index in [-0.39, 0.29) is 12.3 Å². The maximum Gasteiger partial charge on any atom is 0.231 e. The zero-order valence-electron chi connectivity index (χ0n) is 17.0. The van der Waals surface area contributed by atoms with Gasteiger partial charge in [0.05, 0.1) is 5.69 Å². The topological polar surface area (TPSA) is 69.8 Å². The second kappa shape index (κ2) is 7.78. The number of rotatable bonds is 4. The molecule has 158 valence electrons. The highest BCUT2D eigenvalue weighted by Crippen LogP contribution is 2.45. The van der Waals surface area contributed by atoms with Crippen molar-refractivity contribution in [1.29, 1.82) is 0 Å². The average molecular weight is 442 g/mol. The Kier molecular flexibility index (Phi) is 4.63. The number of benzene rings is 3. The molecular formula is C25H19N3O3S. The molecule has 2 aliphatic heterocycles. The molecule has 0 saturated carbocycles. The molecule has 1 unspecified atom stereocenters. The molecule has 0 saturated heterocycles. The molecular weight excluding hydrogens is 422 g/mol. The quantitative estimate of drug-likeness (QED) is 0.432. The highest BCUT2D eigenvalue weighted by molar-refractivity contribution is 8.00. The molecule has 1 atom stereocenters. The normalized spacial score (nSPS) is 16.2. The fourth-order valence-electron chi connectivity index (χ4n) is 3.90. The molecule has 4 aromatic rings. The largest absolute Gasteiger partial charge is 0.454 e. The van der Waals surface area contributed by atoms with Crippen LogP contribution in [-0.4, -0.2) is 17.3 Å². The van der Waals surface area contributed by atoms with Gasteiger partial charge >= 0.3 is 0 Å². The van der Waals surface area contributed by atoms with Crippen LogP contribution in [-0.2, 0) is 0 Å². The molecule has 6 rings (SSSR count). The molecule has 0 radical (unpaired) electrons. The maximum atomic E-state index is 6.37. The third kappa shape index (κ3) is 3.32. The summed E-state index contributed by atoms with van der Waals surface area (Å²) in [5, 5.41) is 0. The van der Waals surface area contributed by atoms with Crippen molar-refractivity contribution in [2.45, 2.75) is 10.4 Å². The number of pyridine rings is 1. The minimum atomic E-state index is -0.160. The highest BCUT2D eigenvalue weighted by atomic mass is 32.2. The van der Waals surface area contributed by atoms with E-state index in [1.807, 2.05) is 66.7 Å². The van der Waals surface area contributed by atoms with Crippen LogP contribution in [0.1, 0.15) is 0 Å². The Bertz CT molecular complexity index is 1300. The lowest BCUT2D eigenvalue weighted by Crippen LogP contribution is -2.31. The lowest BCUT2D eigenvalue weighted by Gasteiger charge is -2.23. The van der Waals surface area contributed by atoms with E-state index in [1.54, 1.807) is 18.0 Å². The van der Waals surface area contributed by atoms with Crippen molar-refractivity contribution in [3.8, 4) is 34.3 Å². The standard InChI is InChI=1S/C25H19N3O3S/c26-25-28(20-5-1-2-6-23(20)32-25)17-8-10-18(11-9-17)31-24-19(4-3-13-27-24)16-7-12-21-22(14-16)30-15-29-21/h1-14,25H,15,26H2. The number of nitrogens with two attached hydrogens (primary N) is 1. The Balaban J connectivity index is 1.27. The number of aromatic nitrogens is 1. The summed E-state index contributed by atoms with van der Waals surface area (Å²) in [5.41, 5.74) is 10.2. The first-order valence-corrected chi connectivity index (χ1v) is 11.1. The van der Waals surface area contributed by atoms with Gasteiger partial charge in [0.1, 0.15) is 11.2 Å². The molecule has 3 aromatic carbocycles. The van der Waals surface area contributed by atoms with Gasteiger partial charge in [0.2, 0.25) is 12.7 Å². The van der Waals surface area contributed by atoms with Crippen LogP contribution in [0.3, 0.4) is 0 Å². The van der Waals surface area contributed by atoms with Crippen LogP contribution in [0, 0.1) is 0 Å². The van der Waals surface area contributed by atoms with E-state index < -0.39 is 0 Å². The molecule has 0 fully saturated rings. The predicted molar refractivity (Wildman–Crippen MR) is 125 cm³/mol. The van der Waals surface area contributed by atoms with Crippen LogP contribution in [0.25, 0.3) is 11.1 Å². The van der Waals surface area contributed by atoms with Crippen molar-refractivity contribution in [3.05, 3.63) is 85.1 Å². The Morgan fingerprint density at radius 3 is 2.69 bits per heavy atom. The van der Waals surface area contributed by atoms with Gasteiger partial charge in [-0.05, 0) is 66.2 Å². The number of nitrogens with zero attached hydrogens (tertiary/aromatic N) is 2. The Morgan fingerprint density at radius 2 is 1.78 bits per heavy atom. The van der Waals surface area contributed by atoms with Crippen molar-refractivity contribution in [2.24, 2.45) is 5.73 Å². The molecule has 32 heavy (non-hydrogen) atoms. The monoisotopic (exact) mass is 441 g/mol. The summed E-state index contributed by atoms with van der Waals surface area (Å²) in [7, 11) is 0. The van der Waals surface area contributed by atoms with Gasteiger partial charge in [0, 0.05) is 22.3 Å². The summed E-state index contributed by atoms with van der Waals surface area (Å²) >= 11 is 1.65. The van der Waals surface area contributed by atoms with Crippen LogP contribution in [0.15, 0.2) is 90.0 Å². The summed E-state index contributed by atoms with van der Waals surface area (Å²) < 4.78 is 17.1. The van der Waals surface area contributed by atoms with E-state index in [9.17, 15) is 0 Å². The molecule has 3 heterocycles. The van der Waals surface area contributed by atoms with Crippen molar-refractivity contribution in [1.82, 2.24) is 4.98 Å². The van der Waals surface area contributed by atoms with Crippen LogP contribution in [0.5, 0.6) is 23.1 Å². The van der Waals surface area contributed by atoms with Gasteiger partial charge in [0.25, 0.3) is 0 Å². The third-order valence-corrected chi connectivity index (χ3v) is 6.46. The number of anilines is 2. The Labute approximate surface area is 189 Å². The smallest absolute Gasteiger partial charge is 0.231 e. The van der Waals surface area contributed by atoms with E-state index in [0.717, 1.165) is 34.0 Å². The summed E-state index contributed by atoms with van der Waals surface area (Å²) in [4.78, 5) is 7.77. The second-order valence-electron chi connectivity index (χ2n) is 7.37. The molecule has 1 aromatic heterocycles. The number of fused-ring (bicyclic) bond motifs is 2. The Hall–Kier alpha value is -3.68. The molecule has 0 bridgehead atoms. The van der Waals surface area contributed by atoms with Gasteiger partial charge in [-0.1, -0.05) is 30.0 Å². The van der Waals surface area contributed by atoms with Gasteiger partial charge in [-0.3, -0.25) is 0 Å². The minimum Gasteiger partial charge on any atom is -0.454 e. The van der Waals surface area contributed by atoms with E-state index >= 15 is 0 Å². The zero-order valence-corrected chi connectivity index (χ0v) is 17.8. The van der Waals surface area contributed by atoms with Crippen LogP contribution < -0.4 is 24.8 Å². The summed E-state index contributed by atoms with van der Waals surface area (Å²) in [6, 6.07) is 25.8. The van der Waals surface area contributed by atoms with Gasteiger partial charge < -0.3 is 24.8 Å². The van der Waals surface area contributed by atoms with Crippen LogP contribution in [0.2, 0.25) is 0 Å². The average Bonchev–Trinajstić information content (AvgIpc) is 3.43. The fraction of sp³-hybridized carbons (Fsp3) is 0.0800. The molecule has 7 heteroatoms. The first-order valence-electron chi connectivity index (χ1n) is 10.2. The number of thioether (sulfide) groups is 1. The lowest BCUT2D eigenvalue weighted by atomic mass is 10.1. The molecule has 0 aliphatic carbocycles. The van der Waals surface area contributed by atoms with Crippen molar-refractivity contribution >= 4 is 23.1 Å². The van der Waals surface area contributed by atoms with Gasteiger partial charge in [-0.25, -0.2) is 4.98 Å². The number of hydrogen-bond acceptors (Lipinski definition) is 7. The fourth-order valence-corrected chi connectivity index (χ4v) is 4.95. The van der Waals surface area contributed by atoms with E-state index in [1.165, 1.54) is 4.90 Å². The first-order chi connectivity index (χ1) is 15.8. The molecule has 2 aliphatic rings. The SMILES string of the molecule is NC1Sc2ccccc2N1c1ccc(Oc2ncccc2-c2ccc3c(c2)OCO3)cc1. The van der Waals surface area contributed by atoms with Crippen molar-refractivity contribution in [3.63, 3.8) is 0 Å². The second-order valence-corrected chi connectivity index (χ2v) is 8.52. The number of ether oxygens (including phenoxy) is 3. The van der Waals surface area contributed by atoms with Gasteiger partial charge in [-0.2, -0.15) is 0 Å². The van der Waals surface area contributed by atoms with Gasteiger partial charge in [-0.15, -0.1) is 0 Å². The highest BCUT2D eigenvalue weighted by Gasteiger charge is 2.28. The van der Waals surface area contributed by atoms with Crippen molar-refractivity contribution in [2.75, 3.05) is 11.7 Å². The van der Waals surface area contributed by atoms with E-state index in [4.69, 9.17) is 19.9 Å². The van der Waals surface area contributed by atoms with Crippen LogP contribution in [0.4, 0.5) is 11.4 Å². The molecule has 0 spiro atoms. The molecule has 6 nitrogen and oxygen atoms in total. The first kappa shape index (κ1) is 19.0. The van der Waals surface area contributed by atoms with E-state index in [0.29, 0.717) is 11.6 Å². The maximum absolute atomic E-state index is 6.37. The predicted octanol–water partition coefficient (Wildman–Crippen LogP) is 5.76. The summed E-state index contributed by atoms with van der Waals surface area (Å²) in [6.45, 7) is 0.241. The Morgan fingerprint density at radius 1 is 0.938 bits per heavy atom. The zero-order chi connectivity index (χ0) is 21.5. The van der Waals surface area contributed by atoms with E-state index in [2.05, 4.69) is 22.0 Å². The van der Waals surface area contributed by atoms with Crippen LogP contribution >= 0.6 is 11.8 Å². The molecule has 2 N–H and O–H groups in total.